The third-order valence-electron chi connectivity index (χ3n) is 10.6. The first-order valence-electron chi connectivity index (χ1n) is 17.9. The minimum Gasteiger partial charge on any atom is -0.309 e. The summed E-state index contributed by atoms with van der Waals surface area (Å²) in [6.07, 6.45) is 0. The molecule has 54 heavy (non-hydrogen) atoms. The van der Waals surface area contributed by atoms with Crippen molar-refractivity contribution in [1.82, 2.24) is 9.13 Å². The molecular weight excluding hydrogens is 657 g/mol. The lowest BCUT2D eigenvalue weighted by Gasteiger charge is -2.11. The predicted molar refractivity (Wildman–Crippen MR) is 224 cm³/mol. The monoisotopic (exact) mass is 686 g/mol. The first-order valence-corrected chi connectivity index (χ1v) is 17.9. The van der Waals surface area contributed by atoms with E-state index in [4.69, 9.17) is 13.1 Å². The van der Waals surface area contributed by atoms with Crippen LogP contribution in [0.1, 0.15) is 0 Å². The lowest BCUT2D eigenvalue weighted by atomic mass is 9.98. The Labute approximate surface area is 312 Å². The Bertz CT molecular complexity index is 3130. The summed E-state index contributed by atoms with van der Waals surface area (Å²) < 4.78 is 4.64. The molecule has 0 saturated heterocycles. The molecule has 4 heteroatoms. The van der Waals surface area contributed by atoms with Gasteiger partial charge in [0.2, 0.25) is 0 Å². The number of fused-ring (bicyclic) bond motifs is 6. The van der Waals surface area contributed by atoms with Gasteiger partial charge in [-0.3, -0.25) is 0 Å². The van der Waals surface area contributed by atoms with Gasteiger partial charge in [-0.2, -0.15) is 0 Å². The van der Waals surface area contributed by atoms with E-state index in [-0.39, 0.29) is 0 Å². The van der Waals surface area contributed by atoms with Crippen LogP contribution in [-0.2, 0) is 0 Å². The topological polar surface area (TPSA) is 18.6 Å². The standard InChI is InChI=1S/C50H30N4/c1-51-39-21-15-33(16-22-39)34-17-25-41(26-18-34)53-48-10-6-4-8-44(48)46-31-37(20-30-49(46)53)35-11-13-36(14-12-35)38-19-29-45-43-7-3-5-9-47(43)54(50(45)32-38)42-27-23-40(52-2)24-28-42/h3-32H. The number of benzene rings is 8. The maximum Gasteiger partial charge on any atom is 0.187 e. The fourth-order valence-electron chi connectivity index (χ4n) is 7.92. The molecule has 0 unspecified atom stereocenters. The number of hydrogen-bond acceptors (Lipinski definition) is 0. The molecular formula is C50H30N4. The minimum atomic E-state index is 0.637. The van der Waals surface area contributed by atoms with E-state index in [0.29, 0.717) is 11.4 Å². The van der Waals surface area contributed by atoms with Crippen LogP contribution in [0.4, 0.5) is 11.4 Å². The highest BCUT2D eigenvalue weighted by Gasteiger charge is 2.15. The van der Waals surface area contributed by atoms with E-state index in [2.05, 4.69) is 152 Å². The lowest BCUT2D eigenvalue weighted by Crippen LogP contribution is -1.93. The fourth-order valence-corrected chi connectivity index (χ4v) is 7.92. The molecule has 0 spiro atoms. The Morgan fingerprint density at radius 1 is 0.296 bits per heavy atom. The van der Waals surface area contributed by atoms with Crippen LogP contribution in [0.15, 0.2) is 182 Å². The van der Waals surface area contributed by atoms with Gasteiger partial charge in [0.1, 0.15) is 0 Å². The van der Waals surface area contributed by atoms with Crippen molar-refractivity contribution >= 4 is 55.0 Å². The van der Waals surface area contributed by atoms with Crippen molar-refractivity contribution in [2.24, 2.45) is 0 Å². The maximum absolute atomic E-state index is 7.39. The Balaban J connectivity index is 1.01. The summed E-state index contributed by atoms with van der Waals surface area (Å²) in [5, 5.41) is 4.85. The molecule has 0 fully saturated rings. The van der Waals surface area contributed by atoms with Crippen molar-refractivity contribution in [3.05, 3.63) is 205 Å². The highest BCUT2D eigenvalue weighted by atomic mass is 15.0. The molecule has 2 heterocycles. The number of para-hydroxylation sites is 2. The maximum atomic E-state index is 7.39. The molecule has 250 valence electrons. The van der Waals surface area contributed by atoms with Gasteiger partial charge < -0.3 is 9.13 Å². The van der Waals surface area contributed by atoms with Crippen LogP contribution in [-0.4, -0.2) is 9.13 Å². The van der Waals surface area contributed by atoms with Crippen molar-refractivity contribution in [2.45, 2.75) is 0 Å². The zero-order chi connectivity index (χ0) is 36.2. The third-order valence-corrected chi connectivity index (χ3v) is 10.6. The van der Waals surface area contributed by atoms with Crippen molar-refractivity contribution in [3.8, 4) is 44.8 Å². The van der Waals surface area contributed by atoms with Gasteiger partial charge in [-0.05, 0) is 88.0 Å². The van der Waals surface area contributed by atoms with Crippen LogP contribution in [0, 0.1) is 13.1 Å². The molecule has 2 aromatic heterocycles. The Morgan fingerprint density at radius 2 is 0.667 bits per heavy atom. The molecule has 10 rings (SSSR count). The highest BCUT2D eigenvalue weighted by molar-refractivity contribution is 6.11. The summed E-state index contributed by atoms with van der Waals surface area (Å²) in [4.78, 5) is 7.11. The summed E-state index contributed by atoms with van der Waals surface area (Å²) >= 11 is 0. The molecule has 0 amide bonds. The highest BCUT2D eigenvalue weighted by Crippen LogP contribution is 2.38. The van der Waals surface area contributed by atoms with Crippen LogP contribution in [0.3, 0.4) is 0 Å². The number of hydrogen-bond donors (Lipinski definition) is 0. The summed E-state index contributed by atoms with van der Waals surface area (Å²) in [7, 11) is 0. The van der Waals surface area contributed by atoms with E-state index in [9.17, 15) is 0 Å². The van der Waals surface area contributed by atoms with Crippen LogP contribution in [0.25, 0.3) is 98.1 Å². The smallest absolute Gasteiger partial charge is 0.187 e. The Morgan fingerprint density at radius 3 is 1.26 bits per heavy atom. The summed E-state index contributed by atoms with van der Waals surface area (Å²) in [5.74, 6) is 0. The largest absolute Gasteiger partial charge is 0.309 e. The second-order valence-corrected chi connectivity index (χ2v) is 13.6. The molecule has 0 bridgehead atoms. The zero-order valence-corrected chi connectivity index (χ0v) is 29.1. The molecule has 0 N–H and O–H groups in total. The number of rotatable bonds is 5. The van der Waals surface area contributed by atoms with Gasteiger partial charge in [-0.25, -0.2) is 9.69 Å². The van der Waals surface area contributed by atoms with Crippen molar-refractivity contribution in [2.75, 3.05) is 0 Å². The first-order chi connectivity index (χ1) is 26.7. The quantitative estimate of drug-likeness (QED) is 0.161. The van der Waals surface area contributed by atoms with Crippen molar-refractivity contribution in [3.63, 3.8) is 0 Å². The van der Waals surface area contributed by atoms with Gasteiger partial charge in [0.05, 0.1) is 35.2 Å². The first kappa shape index (κ1) is 31.1. The molecule has 0 aliphatic carbocycles. The predicted octanol–water partition coefficient (Wildman–Crippen LogP) is 14.0. The molecule has 10 aromatic rings. The van der Waals surface area contributed by atoms with Crippen LogP contribution < -0.4 is 0 Å². The van der Waals surface area contributed by atoms with Gasteiger partial charge in [0.15, 0.2) is 11.4 Å². The molecule has 0 saturated carbocycles. The van der Waals surface area contributed by atoms with Crippen molar-refractivity contribution < 1.29 is 0 Å². The number of nitrogens with zero attached hydrogens (tertiary/aromatic N) is 4. The number of aromatic nitrogens is 2. The third kappa shape index (κ3) is 5.06. The molecule has 0 radical (unpaired) electrons. The summed E-state index contributed by atoms with van der Waals surface area (Å²) in [5.41, 5.74) is 14.9. The van der Waals surface area contributed by atoms with E-state index in [1.54, 1.807) is 0 Å². The van der Waals surface area contributed by atoms with Crippen LogP contribution in [0.2, 0.25) is 0 Å². The van der Waals surface area contributed by atoms with E-state index in [0.717, 1.165) is 50.2 Å². The molecule has 0 aliphatic heterocycles. The van der Waals surface area contributed by atoms with Gasteiger partial charge in [0.25, 0.3) is 0 Å². The molecule has 4 nitrogen and oxygen atoms in total. The normalized spacial score (nSPS) is 11.3. The SMILES string of the molecule is [C-]#[N+]c1ccc(-c2ccc(-n3c4ccccc4c4cc(-c5ccc(-c6ccc7c8ccccc8n(-c8ccc([N+]#[C-])cc8)c7c6)cc5)ccc43)cc2)cc1. The zero-order valence-electron chi connectivity index (χ0n) is 29.1. The second kappa shape index (κ2) is 12.5. The van der Waals surface area contributed by atoms with E-state index < -0.39 is 0 Å². The lowest BCUT2D eigenvalue weighted by molar-refractivity contribution is 1.18. The fraction of sp³-hybridized carbons (Fsp3) is 0. The molecule has 0 atom stereocenters. The second-order valence-electron chi connectivity index (χ2n) is 13.6. The van der Waals surface area contributed by atoms with Gasteiger partial charge in [-0.1, -0.05) is 127 Å². The van der Waals surface area contributed by atoms with Crippen molar-refractivity contribution in [1.29, 1.82) is 0 Å². The summed E-state index contributed by atoms with van der Waals surface area (Å²) in [6.45, 7) is 14.6. The molecule has 8 aromatic carbocycles. The van der Waals surface area contributed by atoms with E-state index in [1.165, 1.54) is 38.2 Å². The van der Waals surface area contributed by atoms with E-state index >= 15 is 0 Å². The molecule has 0 aliphatic rings. The minimum absolute atomic E-state index is 0.637. The Kier molecular flexibility index (Phi) is 7.22. The Hall–Kier alpha value is -7.66. The van der Waals surface area contributed by atoms with Gasteiger partial charge in [0, 0.05) is 32.9 Å². The van der Waals surface area contributed by atoms with Crippen LogP contribution in [0.5, 0.6) is 0 Å². The van der Waals surface area contributed by atoms with Gasteiger partial charge >= 0.3 is 0 Å². The van der Waals surface area contributed by atoms with Gasteiger partial charge in [-0.15, -0.1) is 0 Å². The average molecular weight is 687 g/mol. The summed E-state index contributed by atoms with van der Waals surface area (Å²) in [6, 6.07) is 63.8. The van der Waals surface area contributed by atoms with Crippen LogP contribution >= 0.6 is 0 Å². The average Bonchev–Trinajstić information content (AvgIpc) is 3.76. The van der Waals surface area contributed by atoms with E-state index in [1.807, 2.05) is 48.5 Å².